The Kier molecular flexibility index (Phi) is 3.44. The Morgan fingerprint density at radius 3 is 2.69 bits per heavy atom. The Balaban J connectivity index is 2.16. The van der Waals surface area contributed by atoms with E-state index in [0.717, 1.165) is 35.6 Å². The topological polar surface area (TPSA) is 40.5 Å². The number of allylic oxidation sites excluding steroid dienone is 3. The molecule has 0 atom stereocenters. The van der Waals surface area contributed by atoms with Crippen LogP contribution in [0.2, 0.25) is 0 Å². The zero-order valence-corrected chi connectivity index (χ0v) is 9.78. The summed E-state index contributed by atoms with van der Waals surface area (Å²) in [6.45, 7) is 1.92. The second-order valence-corrected chi connectivity index (χ2v) is 4.81. The number of hydrogen-bond donors (Lipinski definition) is 1. The van der Waals surface area contributed by atoms with Crippen LogP contribution in [0.3, 0.4) is 0 Å². The van der Waals surface area contributed by atoms with Gasteiger partial charge < -0.3 is 0 Å². The molecule has 1 aliphatic heterocycles. The number of carbonyl (C=O) groups excluding carboxylic acids is 1. The maximum atomic E-state index is 11.6. The van der Waals surface area contributed by atoms with Crippen LogP contribution in [0.4, 0.5) is 0 Å². The van der Waals surface area contributed by atoms with E-state index >= 15 is 0 Å². The molecule has 0 spiro atoms. The molecule has 1 aliphatic carbocycles. The van der Waals surface area contributed by atoms with Gasteiger partial charge in [0.2, 0.25) is 0 Å². The lowest BCUT2D eigenvalue weighted by molar-refractivity contribution is -0.153. The second-order valence-electron chi connectivity index (χ2n) is 4.81. The zero-order valence-electron chi connectivity index (χ0n) is 9.78. The van der Waals surface area contributed by atoms with Crippen molar-refractivity contribution in [1.82, 2.24) is 5.06 Å². The summed E-state index contributed by atoms with van der Waals surface area (Å²) in [5.41, 5.74) is 1.83. The fourth-order valence-electron chi connectivity index (χ4n) is 2.55. The second kappa shape index (κ2) is 4.83. The maximum Gasteiger partial charge on any atom is 0.274 e. The Hall–Kier alpha value is -1.09. The molecule has 3 heteroatoms. The van der Waals surface area contributed by atoms with Gasteiger partial charge in [-0.05, 0) is 26.2 Å². The fourth-order valence-corrected chi connectivity index (χ4v) is 2.55. The predicted octanol–water partition coefficient (Wildman–Crippen LogP) is 3.02. The number of nitrogens with zero attached hydrogens (tertiary/aromatic N) is 1. The van der Waals surface area contributed by atoms with Crippen LogP contribution in [-0.4, -0.2) is 16.2 Å². The molecule has 1 heterocycles. The van der Waals surface area contributed by atoms with E-state index in [1.165, 1.54) is 25.3 Å². The number of amides is 1. The van der Waals surface area contributed by atoms with E-state index in [1.54, 1.807) is 0 Å². The van der Waals surface area contributed by atoms with Crippen molar-refractivity contribution in [1.29, 1.82) is 0 Å². The molecule has 2 aliphatic rings. The first-order valence-corrected chi connectivity index (χ1v) is 6.08. The van der Waals surface area contributed by atoms with Gasteiger partial charge in [0.15, 0.2) is 0 Å². The highest BCUT2D eigenvalue weighted by Crippen LogP contribution is 2.32. The molecule has 0 aromatic rings. The third kappa shape index (κ3) is 2.35. The van der Waals surface area contributed by atoms with Crippen molar-refractivity contribution in [2.45, 2.75) is 45.4 Å². The van der Waals surface area contributed by atoms with E-state index in [9.17, 15) is 10.0 Å². The molecule has 0 radical (unpaired) electrons. The first-order valence-electron chi connectivity index (χ1n) is 6.08. The molecule has 1 N–H and O–H groups in total. The van der Waals surface area contributed by atoms with Crippen molar-refractivity contribution >= 4 is 5.91 Å². The van der Waals surface area contributed by atoms with Gasteiger partial charge in [-0.15, -0.1) is 0 Å². The van der Waals surface area contributed by atoms with Gasteiger partial charge in [-0.2, -0.15) is 5.06 Å². The molecule has 0 saturated heterocycles. The minimum absolute atomic E-state index is 0.299. The zero-order chi connectivity index (χ0) is 11.5. The summed E-state index contributed by atoms with van der Waals surface area (Å²) < 4.78 is 0. The lowest BCUT2D eigenvalue weighted by atomic mass is 9.86. The van der Waals surface area contributed by atoms with Crippen LogP contribution in [-0.2, 0) is 4.79 Å². The van der Waals surface area contributed by atoms with Crippen LogP contribution in [0.15, 0.2) is 23.4 Å². The average Bonchev–Trinajstić information content (AvgIpc) is 2.41. The van der Waals surface area contributed by atoms with Crippen LogP contribution in [0.5, 0.6) is 0 Å². The summed E-state index contributed by atoms with van der Waals surface area (Å²) >= 11 is 0. The number of rotatable bonds is 1. The summed E-state index contributed by atoms with van der Waals surface area (Å²) in [6.07, 6.45) is 10.2. The van der Waals surface area contributed by atoms with Gasteiger partial charge in [0.25, 0.3) is 5.91 Å². The molecule has 16 heavy (non-hydrogen) atoms. The molecule has 0 unspecified atom stereocenters. The molecule has 1 fully saturated rings. The molecule has 0 bridgehead atoms. The van der Waals surface area contributed by atoms with Crippen molar-refractivity contribution in [2.75, 3.05) is 0 Å². The van der Waals surface area contributed by atoms with Crippen LogP contribution in [0.25, 0.3) is 0 Å². The monoisotopic (exact) mass is 221 g/mol. The molecule has 1 amide bonds. The molecule has 2 rings (SSSR count). The van der Waals surface area contributed by atoms with Gasteiger partial charge in [0.05, 0.1) is 0 Å². The Morgan fingerprint density at radius 1 is 1.31 bits per heavy atom. The summed E-state index contributed by atoms with van der Waals surface area (Å²) in [6, 6.07) is 0. The summed E-state index contributed by atoms with van der Waals surface area (Å²) in [7, 11) is 0. The Morgan fingerprint density at radius 2 is 2.00 bits per heavy atom. The standard InChI is InChI=1S/C13H19NO2/c1-10-7-8-12(14(16)13(15)9-10)11-5-3-2-4-6-11/h8-9,11,16H,2-7H2,1H3. The molecule has 1 saturated carbocycles. The van der Waals surface area contributed by atoms with Gasteiger partial charge >= 0.3 is 0 Å². The van der Waals surface area contributed by atoms with E-state index in [1.807, 2.05) is 13.0 Å². The van der Waals surface area contributed by atoms with Crippen LogP contribution < -0.4 is 0 Å². The van der Waals surface area contributed by atoms with Crippen molar-refractivity contribution in [2.24, 2.45) is 5.92 Å². The van der Waals surface area contributed by atoms with Crippen molar-refractivity contribution in [3.63, 3.8) is 0 Å². The lowest BCUT2D eigenvalue weighted by Gasteiger charge is -2.27. The first kappa shape index (κ1) is 11.4. The SMILES string of the molecule is CC1=CC(=O)N(O)C(C2CCCCC2)=CC1. The average molecular weight is 221 g/mol. The van der Waals surface area contributed by atoms with Gasteiger partial charge in [0.1, 0.15) is 0 Å². The number of hydroxylamine groups is 2. The minimum Gasteiger partial charge on any atom is -0.281 e. The van der Waals surface area contributed by atoms with E-state index in [-0.39, 0.29) is 5.91 Å². The number of hydrogen-bond acceptors (Lipinski definition) is 2. The highest BCUT2D eigenvalue weighted by Gasteiger charge is 2.25. The smallest absolute Gasteiger partial charge is 0.274 e. The van der Waals surface area contributed by atoms with Crippen LogP contribution >= 0.6 is 0 Å². The minimum atomic E-state index is -0.299. The van der Waals surface area contributed by atoms with E-state index in [2.05, 4.69) is 0 Å². The lowest BCUT2D eigenvalue weighted by Crippen LogP contribution is -2.29. The summed E-state index contributed by atoms with van der Waals surface area (Å²) in [5, 5.41) is 10.7. The first-order chi connectivity index (χ1) is 7.68. The fraction of sp³-hybridized carbons (Fsp3) is 0.615. The third-order valence-electron chi connectivity index (χ3n) is 3.48. The molecule has 88 valence electrons. The maximum absolute atomic E-state index is 11.6. The summed E-state index contributed by atoms with van der Waals surface area (Å²) in [4.78, 5) is 11.6. The van der Waals surface area contributed by atoms with Gasteiger partial charge in [-0.3, -0.25) is 10.0 Å². The van der Waals surface area contributed by atoms with Crippen LogP contribution in [0, 0.1) is 5.92 Å². The molecule has 0 aromatic heterocycles. The number of carbonyl (C=O) groups is 1. The highest BCUT2D eigenvalue weighted by atomic mass is 16.5. The van der Waals surface area contributed by atoms with Gasteiger partial charge in [0, 0.05) is 17.7 Å². The van der Waals surface area contributed by atoms with Crippen molar-refractivity contribution in [3.05, 3.63) is 23.4 Å². The molecule has 3 nitrogen and oxygen atoms in total. The van der Waals surface area contributed by atoms with E-state index < -0.39 is 0 Å². The normalized spacial score (nSPS) is 23.9. The quantitative estimate of drug-likeness (QED) is 0.691. The Labute approximate surface area is 96.4 Å². The molecular formula is C13H19NO2. The Bertz CT molecular complexity index is 338. The van der Waals surface area contributed by atoms with E-state index in [0.29, 0.717) is 5.92 Å². The highest BCUT2D eigenvalue weighted by molar-refractivity contribution is 5.89. The van der Waals surface area contributed by atoms with Crippen molar-refractivity contribution < 1.29 is 10.0 Å². The predicted molar refractivity (Wildman–Crippen MR) is 61.7 cm³/mol. The largest absolute Gasteiger partial charge is 0.281 e. The van der Waals surface area contributed by atoms with Gasteiger partial charge in [-0.1, -0.05) is 30.9 Å². The molecule has 0 aromatic carbocycles. The summed E-state index contributed by atoms with van der Waals surface area (Å²) in [5.74, 6) is 0.0637. The third-order valence-corrected chi connectivity index (χ3v) is 3.48. The van der Waals surface area contributed by atoms with Crippen molar-refractivity contribution in [3.8, 4) is 0 Å². The molecular weight excluding hydrogens is 202 g/mol. The van der Waals surface area contributed by atoms with Gasteiger partial charge in [-0.25, -0.2) is 0 Å². The van der Waals surface area contributed by atoms with Crippen LogP contribution in [0.1, 0.15) is 45.4 Å². The van der Waals surface area contributed by atoms with E-state index in [4.69, 9.17) is 0 Å².